The quantitative estimate of drug-likeness (QED) is 0.633. The van der Waals surface area contributed by atoms with Crippen LogP contribution < -0.4 is 5.43 Å². The maximum Gasteiger partial charge on any atom is 0.204 e. The van der Waals surface area contributed by atoms with E-state index in [2.05, 4.69) is 28.5 Å². The van der Waals surface area contributed by atoms with Gasteiger partial charge in [0.15, 0.2) is 0 Å². The van der Waals surface area contributed by atoms with E-state index in [1.807, 2.05) is 25.1 Å². The van der Waals surface area contributed by atoms with Crippen LogP contribution in [-0.4, -0.2) is 10.7 Å². The SMILES string of the molecule is CCC(C)=NNc1nc2ccccc2s1. The summed E-state index contributed by atoms with van der Waals surface area (Å²) in [5.74, 6) is 0. The molecule has 3 nitrogen and oxygen atoms in total. The van der Waals surface area contributed by atoms with Gasteiger partial charge in [-0.3, -0.25) is 5.43 Å². The van der Waals surface area contributed by atoms with E-state index in [-0.39, 0.29) is 0 Å². The number of benzene rings is 1. The number of nitrogens with one attached hydrogen (secondary N) is 1. The molecule has 1 aromatic carbocycles. The van der Waals surface area contributed by atoms with Gasteiger partial charge in [0, 0.05) is 5.71 Å². The highest BCUT2D eigenvalue weighted by atomic mass is 32.1. The predicted molar refractivity (Wildman–Crippen MR) is 66.6 cm³/mol. The minimum Gasteiger partial charge on any atom is -0.253 e. The number of para-hydroxylation sites is 1. The first-order chi connectivity index (χ1) is 7.29. The molecular formula is C11H13N3S. The lowest BCUT2D eigenvalue weighted by molar-refractivity contribution is 1.20. The number of anilines is 1. The largest absolute Gasteiger partial charge is 0.253 e. The molecule has 0 bridgehead atoms. The second kappa shape index (κ2) is 4.40. The molecule has 0 spiro atoms. The second-order valence-corrected chi connectivity index (χ2v) is 4.33. The van der Waals surface area contributed by atoms with Crippen LogP contribution in [0.25, 0.3) is 10.2 Å². The monoisotopic (exact) mass is 219 g/mol. The van der Waals surface area contributed by atoms with Gasteiger partial charge in [-0.05, 0) is 25.5 Å². The van der Waals surface area contributed by atoms with E-state index in [9.17, 15) is 0 Å². The fourth-order valence-corrected chi connectivity index (χ4v) is 1.95. The number of fused-ring (bicyclic) bond motifs is 1. The molecule has 0 saturated heterocycles. The highest BCUT2D eigenvalue weighted by molar-refractivity contribution is 7.22. The van der Waals surface area contributed by atoms with E-state index in [1.165, 1.54) is 4.70 Å². The van der Waals surface area contributed by atoms with Gasteiger partial charge in [0.05, 0.1) is 10.2 Å². The van der Waals surface area contributed by atoms with Gasteiger partial charge in [-0.15, -0.1) is 0 Å². The maximum absolute atomic E-state index is 4.42. The van der Waals surface area contributed by atoms with Crippen molar-refractivity contribution in [2.45, 2.75) is 20.3 Å². The van der Waals surface area contributed by atoms with Crippen molar-refractivity contribution in [3.63, 3.8) is 0 Å². The number of hydrazone groups is 1. The molecule has 15 heavy (non-hydrogen) atoms. The summed E-state index contributed by atoms with van der Waals surface area (Å²) in [5, 5.41) is 5.07. The highest BCUT2D eigenvalue weighted by Gasteiger charge is 2.00. The molecule has 4 heteroatoms. The Morgan fingerprint density at radius 2 is 2.27 bits per heavy atom. The molecule has 0 aliphatic heterocycles. The smallest absolute Gasteiger partial charge is 0.204 e. The fourth-order valence-electron chi connectivity index (χ4n) is 1.14. The highest BCUT2D eigenvalue weighted by Crippen LogP contribution is 2.25. The summed E-state index contributed by atoms with van der Waals surface area (Å²) in [4.78, 5) is 4.42. The molecule has 0 atom stereocenters. The van der Waals surface area contributed by atoms with Gasteiger partial charge in [-0.1, -0.05) is 30.4 Å². The molecule has 1 aromatic heterocycles. The van der Waals surface area contributed by atoms with Crippen molar-refractivity contribution in [1.29, 1.82) is 0 Å². The molecule has 0 aliphatic rings. The van der Waals surface area contributed by atoms with Crippen molar-refractivity contribution in [2.75, 3.05) is 5.43 Å². The molecule has 0 unspecified atom stereocenters. The molecule has 1 N–H and O–H groups in total. The molecule has 0 aliphatic carbocycles. The van der Waals surface area contributed by atoms with Crippen LogP contribution in [0.3, 0.4) is 0 Å². The summed E-state index contributed by atoms with van der Waals surface area (Å²) in [5.41, 5.74) is 5.08. The van der Waals surface area contributed by atoms with E-state index in [4.69, 9.17) is 0 Å². The fraction of sp³-hybridized carbons (Fsp3) is 0.273. The van der Waals surface area contributed by atoms with Crippen molar-refractivity contribution in [3.05, 3.63) is 24.3 Å². The number of hydrogen-bond donors (Lipinski definition) is 1. The zero-order valence-electron chi connectivity index (χ0n) is 8.82. The average Bonchev–Trinajstić information content (AvgIpc) is 2.68. The van der Waals surface area contributed by atoms with Crippen molar-refractivity contribution >= 4 is 32.4 Å². The van der Waals surface area contributed by atoms with Gasteiger partial charge >= 0.3 is 0 Å². The van der Waals surface area contributed by atoms with Crippen LogP contribution in [0.5, 0.6) is 0 Å². The lowest BCUT2D eigenvalue weighted by atomic mass is 10.3. The summed E-state index contributed by atoms with van der Waals surface area (Å²) < 4.78 is 1.18. The van der Waals surface area contributed by atoms with Gasteiger partial charge in [0.1, 0.15) is 0 Å². The molecule has 1 heterocycles. The van der Waals surface area contributed by atoms with Crippen LogP contribution in [-0.2, 0) is 0 Å². The third-order valence-electron chi connectivity index (χ3n) is 2.15. The van der Waals surface area contributed by atoms with Crippen molar-refractivity contribution in [1.82, 2.24) is 4.98 Å². The summed E-state index contributed by atoms with van der Waals surface area (Å²) in [6.07, 6.45) is 0.956. The first kappa shape index (κ1) is 10.1. The number of thiazole rings is 1. The van der Waals surface area contributed by atoms with Crippen LogP contribution in [0, 0.1) is 0 Å². The Balaban J connectivity index is 2.22. The van der Waals surface area contributed by atoms with Crippen LogP contribution in [0.2, 0.25) is 0 Å². The molecule has 2 aromatic rings. The molecular weight excluding hydrogens is 206 g/mol. The molecule has 78 valence electrons. The van der Waals surface area contributed by atoms with Crippen LogP contribution in [0.15, 0.2) is 29.4 Å². The Labute approximate surface area is 92.8 Å². The topological polar surface area (TPSA) is 37.3 Å². The van der Waals surface area contributed by atoms with Crippen molar-refractivity contribution in [3.8, 4) is 0 Å². The summed E-state index contributed by atoms with van der Waals surface area (Å²) in [6, 6.07) is 8.08. The number of nitrogens with zero attached hydrogens (tertiary/aromatic N) is 2. The zero-order valence-corrected chi connectivity index (χ0v) is 9.64. The van der Waals surface area contributed by atoms with E-state index in [0.29, 0.717) is 0 Å². The van der Waals surface area contributed by atoms with Gasteiger partial charge < -0.3 is 0 Å². The Hall–Kier alpha value is -1.42. The standard InChI is InChI=1S/C11H13N3S/c1-3-8(2)13-14-11-12-9-6-4-5-7-10(9)15-11/h4-7H,3H2,1-2H3,(H,12,14). The van der Waals surface area contributed by atoms with E-state index >= 15 is 0 Å². The molecule has 0 fully saturated rings. The number of aromatic nitrogens is 1. The molecule has 2 rings (SSSR count). The Morgan fingerprint density at radius 1 is 1.47 bits per heavy atom. The molecule has 0 amide bonds. The first-order valence-corrected chi connectivity index (χ1v) is 5.76. The number of hydrogen-bond acceptors (Lipinski definition) is 4. The third-order valence-corrected chi connectivity index (χ3v) is 3.09. The average molecular weight is 219 g/mol. The third kappa shape index (κ3) is 2.33. The Kier molecular flexibility index (Phi) is 2.97. The van der Waals surface area contributed by atoms with Gasteiger partial charge in [0.25, 0.3) is 0 Å². The van der Waals surface area contributed by atoms with E-state index in [1.54, 1.807) is 11.3 Å². The molecule has 0 radical (unpaired) electrons. The second-order valence-electron chi connectivity index (χ2n) is 3.30. The van der Waals surface area contributed by atoms with Gasteiger partial charge in [0.2, 0.25) is 5.13 Å². The zero-order chi connectivity index (χ0) is 10.7. The van der Waals surface area contributed by atoms with E-state index < -0.39 is 0 Å². The van der Waals surface area contributed by atoms with Crippen LogP contribution in [0.4, 0.5) is 5.13 Å². The number of rotatable bonds is 3. The minimum absolute atomic E-state index is 0.851. The minimum atomic E-state index is 0.851. The predicted octanol–water partition coefficient (Wildman–Crippen LogP) is 3.49. The van der Waals surface area contributed by atoms with Crippen LogP contribution in [0.1, 0.15) is 20.3 Å². The van der Waals surface area contributed by atoms with E-state index in [0.717, 1.165) is 22.8 Å². The lowest BCUT2D eigenvalue weighted by Gasteiger charge is -1.95. The Bertz CT molecular complexity index is 454. The molecule has 0 saturated carbocycles. The lowest BCUT2D eigenvalue weighted by Crippen LogP contribution is -1.94. The van der Waals surface area contributed by atoms with Crippen molar-refractivity contribution in [2.24, 2.45) is 5.10 Å². The van der Waals surface area contributed by atoms with Crippen LogP contribution >= 0.6 is 11.3 Å². The Morgan fingerprint density at radius 3 is 3.00 bits per heavy atom. The van der Waals surface area contributed by atoms with Gasteiger partial charge in [-0.25, -0.2) is 4.98 Å². The maximum atomic E-state index is 4.42. The van der Waals surface area contributed by atoms with Crippen molar-refractivity contribution < 1.29 is 0 Å². The summed E-state index contributed by atoms with van der Waals surface area (Å²) in [7, 11) is 0. The summed E-state index contributed by atoms with van der Waals surface area (Å²) in [6.45, 7) is 4.08. The van der Waals surface area contributed by atoms with Gasteiger partial charge in [-0.2, -0.15) is 5.10 Å². The summed E-state index contributed by atoms with van der Waals surface area (Å²) >= 11 is 1.62. The first-order valence-electron chi connectivity index (χ1n) is 4.94. The normalized spacial score (nSPS) is 12.0.